The van der Waals surface area contributed by atoms with E-state index in [0.29, 0.717) is 17.6 Å². The van der Waals surface area contributed by atoms with E-state index in [9.17, 15) is 0 Å². The topological polar surface area (TPSA) is 56.7 Å². The quantitative estimate of drug-likeness (QED) is 0.176. The van der Waals surface area contributed by atoms with Crippen molar-refractivity contribution in [3.63, 3.8) is 0 Å². The summed E-state index contributed by atoms with van der Waals surface area (Å²) in [4.78, 5) is 15.1. The van der Waals surface area contributed by atoms with Crippen molar-refractivity contribution in [1.82, 2.24) is 19.5 Å². The first-order chi connectivity index (χ1) is 25.8. The lowest BCUT2D eigenvalue weighted by molar-refractivity contribution is 0.669. The van der Waals surface area contributed by atoms with Gasteiger partial charge in [-0.15, -0.1) is 0 Å². The fourth-order valence-corrected chi connectivity index (χ4v) is 7.82. The molecule has 0 unspecified atom stereocenters. The Labute approximate surface area is 298 Å². The summed E-state index contributed by atoms with van der Waals surface area (Å²) >= 11 is 0. The Morgan fingerprint density at radius 1 is 0.365 bits per heavy atom. The summed E-state index contributed by atoms with van der Waals surface area (Å²) in [6.07, 6.45) is 0. The lowest BCUT2D eigenvalue weighted by atomic mass is 9.92. The number of fused-ring (bicyclic) bond motifs is 9. The van der Waals surface area contributed by atoms with Crippen molar-refractivity contribution >= 4 is 65.3 Å². The van der Waals surface area contributed by atoms with Crippen LogP contribution in [0.25, 0.3) is 105 Å². The van der Waals surface area contributed by atoms with Crippen LogP contribution >= 0.6 is 0 Å². The smallest absolute Gasteiger partial charge is 0.238 e. The zero-order valence-electron chi connectivity index (χ0n) is 27.9. The highest BCUT2D eigenvalue weighted by Gasteiger charge is 2.19. The Morgan fingerprint density at radius 3 is 1.73 bits per heavy atom. The van der Waals surface area contributed by atoms with Crippen LogP contribution in [0.5, 0.6) is 0 Å². The van der Waals surface area contributed by atoms with Gasteiger partial charge in [-0.3, -0.25) is 4.57 Å². The van der Waals surface area contributed by atoms with Gasteiger partial charge in [0.2, 0.25) is 5.95 Å². The predicted octanol–water partition coefficient (Wildman–Crippen LogP) is 12.2. The van der Waals surface area contributed by atoms with E-state index in [2.05, 4.69) is 102 Å². The molecule has 0 aliphatic rings. The Bertz CT molecular complexity index is 3120. The van der Waals surface area contributed by atoms with Crippen molar-refractivity contribution in [2.75, 3.05) is 0 Å². The second kappa shape index (κ2) is 11.2. The lowest BCUT2D eigenvalue weighted by Crippen LogP contribution is -2.06. The first-order valence-corrected chi connectivity index (χ1v) is 17.4. The maximum Gasteiger partial charge on any atom is 0.238 e. The molecule has 0 fully saturated rings. The van der Waals surface area contributed by atoms with Crippen LogP contribution in [0.15, 0.2) is 174 Å². The van der Waals surface area contributed by atoms with E-state index in [4.69, 9.17) is 19.4 Å². The van der Waals surface area contributed by atoms with Crippen LogP contribution in [0.2, 0.25) is 0 Å². The standard InChI is InChI=1S/C47H28N4O/c1-3-13-29(14-4-1)45-48-46(30-15-5-2-6-16-30)50-47(49-45)51-41-21-11-9-19-35(41)39-25-31(23-24-42(39)51)37-26-32-27-40-36-20-10-12-22-43(36)52-44(40)28-38(32)34-18-8-7-17-33(34)37/h1-28H. The molecule has 11 rings (SSSR count). The van der Waals surface area contributed by atoms with Crippen molar-refractivity contribution in [1.29, 1.82) is 0 Å². The van der Waals surface area contributed by atoms with Crippen LogP contribution in [-0.4, -0.2) is 19.5 Å². The number of benzene rings is 8. The largest absolute Gasteiger partial charge is 0.456 e. The summed E-state index contributed by atoms with van der Waals surface area (Å²) in [6, 6.07) is 59.3. The van der Waals surface area contributed by atoms with Gasteiger partial charge in [-0.25, -0.2) is 4.98 Å². The molecule has 0 radical (unpaired) electrons. The van der Waals surface area contributed by atoms with Gasteiger partial charge in [0.15, 0.2) is 11.6 Å². The maximum atomic E-state index is 6.30. The fraction of sp³-hybridized carbons (Fsp3) is 0. The molecule has 0 atom stereocenters. The van der Waals surface area contributed by atoms with Crippen LogP contribution in [0, 0.1) is 0 Å². The summed E-state index contributed by atoms with van der Waals surface area (Å²) < 4.78 is 8.48. The number of para-hydroxylation sites is 2. The number of nitrogens with zero attached hydrogens (tertiary/aromatic N) is 4. The van der Waals surface area contributed by atoms with Gasteiger partial charge in [0.05, 0.1) is 11.0 Å². The third-order valence-corrected chi connectivity index (χ3v) is 10.2. The molecule has 5 heteroatoms. The molecule has 0 aliphatic carbocycles. The number of furan rings is 1. The summed E-state index contributed by atoms with van der Waals surface area (Å²) in [5, 5.41) is 9.30. The van der Waals surface area contributed by atoms with E-state index >= 15 is 0 Å². The molecule has 242 valence electrons. The lowest BCUT2D eigenvalue weighted by Gasteiger charge is -2.12. The average molecular weight is 665 g/mol. The molecule has 0 aliphatic heterocycles. The molecule has 8 aromatic carbocycles. The molecule has 5 nitrogen and oxygen atoms in total. The minimum atomic E-state index is 0.583. The Hall–Kier alpha value is -7.11. The second-order valence-corrected chi connectivity index (χ2v) is 13.2. The first-order valence-electron chi connectivity index (χ1n) is 17.4. The normalized spacial score (nSPS) is 11.8. The van der Waals surface area contributed by atoms with Gasteiger partial charge in [0, 0.05) is 32.7 Å². The highest BCUT2D eigenvalue weighted by molar-refractivity contribution is 6.20. The van der Waals surface area contributed by atoms with Crippen LogP contribution < -0.4 is 0 Å². The van der Waals surface area contributed by atoms with E-state index in [0.717, 1.165) is 60.4 Å². The van der Waals surface area contributed by atoms with Gasteiger partial charge < -0.3 is 4.42 Å². The molecule has 0 saturated carbocycles. The van der Waals surface area contributed by atoms with Crippen molar-refractivity contribution in [3.8, 4) is 39.9 Å². The summed E-state index contributed by atoms with van der Waals surface area (Å²) in [5.41, 5.74) is 8.10. The number of aromatic nitrogens is 4. The molecular weight excluding hydrogens is 637 g/mol. The molecule has 0 saturated heterocycles. The van der Waals surface area contributed by atoms with E-state index < -0.39 is 0 Å². The number of rotatable bonds is 4. The zero-order valence-corrected chi connectivity index (χ0v) is 27.9. The fourth-order valence-electron chi connectivity index (χ4n) is 7.82. The van der Waals surface area contributed by atoms with Gasteiger partial charge in [0.1, 0.15) is 11.2 Å². The van der Waals surface area contributed by atoms with Crippen LogP contribution in [0.3, 0.4) is 0 Å². The molecule has 0 amide bonds. The molecular formula is C47H28N4O. The molecule has 3 heterocycles. The van der Waals surface area contributed by atoms with Crippen molar-refractivity contribution < 1.29 is 4.42 Å². The molecule has 3 aromatic heterocycles. The minimum absolute atomic E-state index is 0.583. The Morgan fingerprint density at radius 2 is 0.981 bits per heavy atom. The van der Waals surface area contributed by atoms with Gasteiger partial charge in [-0.2, -0.15) is 9.97 Å². The average Bonchev–Trinajstić information content (AvgIpc) is 3.75. The predicted molar refractivity (Wildman–Crippen MR) is 213 cm³/mol. The van der Waals surface area contributed by atoms with Gasteiger partial charge >= 0.3 is 0 Å². The van der Waals surface area contributed by atoms with Crippen molar-refractivity contribution in [2.45, 2.75) is 0 Å². The summed E-state index contributed by atoms with van der Waals surface area (Å²) in [7, 11) is 0. The summed E-state index contributed by atoms with van der Waals surface area (Å²) in [6.45, 7) is 0. The van der Waals surface area contributed by atoms with Gasteiger partial charge in [0.25, 0.3) is 0 Å². The third-order valence-electron chi connectivity index (χ3n) is 10.2. The number of hydrogen-bond acceptors (Lipinski definition) is 4. The summed E-state index contributed by atoms with van der Waals surface area (Å²) in [5.74, 6) is 1.85. The molecule has 0 spiro atoms. The van der Waals surface area contributed by atoms with E-state index in [-0.39, 0.29) is 0 Å². The molecule has 0 N–H and O–H groups in total. The van der Waals surface area contributed by atoms with Crippen molar-refractivity contribution in [2.24, 2.45) is 0 Å². The first kappa shape index (κ1) is 28.7. The third kappa shape index (κ3) is 4.39. The van der Waals surface area contributed by atoms with Crippen LogP contribution in [0.1, 0.15) is 0 Å². The van der Waals surface area contributed by atoms with E-state index in [1.54, 1.807) is 0 Å². The highest BCUT2D eigenvalue weighted by atomic mass is 16.3. The molecule has 0 bridgehead atoms. The molecule has 11 aromatic rings. The Balaban J connectivity index is 1.15. The van der Waals surface area contributed by atoms with Gasteiger partial charge in [-0.05, 0) is 75.1 Å². The number of hydrogen-bond donors (Lipinski definition) is 0. The maximum absolute atomic E-state index is 6.30. The van der Waals surface area contributed by atoms with E-state index in [1.165, 1.54) is 27.1 Å². The van der Waals surface area contributed by atoms with Crippen molar-refractivity contribution in [3.05, 3.63) is 170 Å². The zero-order chi connectivity index (χ0) is 34.2. The van der Waals surface area contributed by atoms with Crippen LogP contribution in [-0.2, 0) is 0 Å². The highest BCUT2D eigenvalue weighted by Crippen LogP contribution is 2.41. The monoisotopic (exact) mass is 664 g/mol. The Kier molecular flexibility index (Phi) is 6.18. The van der Waals surface area contributed by atoms with E-state index in [1.807, 2.05) is 72.8 Å². The minimum Gasteiger partial charge on any atom is -0.456 e. The van der Waals surface area contributed by atoms with Gasteiger partial charge in [-0.1, -0.05) is 127 Å². The SMILES string of the molecule is c1ccc(-c2nc(-c3ccccc3)nc(-n3c4ccccc4c4cc(-c5cc6cc7c(cc6c6ccccc56)oc5ccccc57)ccc43)n2)cc1. The molecule has 52 heavy (non-hydrogen) atoms. The second-order valence-electron chi connectivity index (χ2n) is 13.2. The van der Waals surface area contributed by atoms with Crippen LogP contribution in [0.4, 0.5) is 0 Å².